The van der Waals surface area contributed by atoms with Gasteiger partial charge in [-0.25, -0.2) is 0 Å². The molecule has 2 rings (SSSR count). The predicted octanol–water partition coefficient (Wildman–Crippen LogP) is 1.32. The first-order valence-corrected chi connectivity index (χ1v) is 8.95. The highest BCUT2D eigenvalue weighted by Crippen LogP contribution is 2.26. The van der Waals surface area contributed by atoms with Gasteiger partial charge in [-0.05, 0) is 18.4 Å². The fourth-order valence-corrected chi connectivity index (χ4v) is 3.57. The highest BCUT2D eigenvalue weighted by atomic mass is 32.1. The van der Waals surface area contributed by atoms with Crippen LogP contribution in [0.5, 0.6) is 0 Å². The van der Waals surface area contributed by atoms with Gasteiger partial charge in [-0.1, -0.05) is 6.07 Å². The lowest BCUT2D eigenvalue weighted by Gasteiger charge is -2.37. The third kappa shape index (κ3) is 5.76. The molecule has 0 aliphatic carbocycles. The van der Waals surface area contributed by atoms with Gasteiger partial charge >= 0.3 is 0 Å². The second-order valence-electron chi connectivity index (χ2n) is 5.58. The second-order valence-corrected chi connectivity index (χ2v) is 6.56. The highest BCUT2D eigenvalue weighted by Gasteiger charge is 2.26. The van der Waals surface area contributed by atoms with E-state index >= 15 is 0 Å². The molecule has 1 aliphatic rings. The van der Waals surface area contributed by atoms with Crippen LogP contribution in [0.15, 0.2) is 22.5 Å². The van der Waals surface area contributed by atoms with Crippen molar-refractivity contribution < 1.29 is 9.47 Å². The van der Waals surface area contributed by atoms with Crippen LogP contribution in [0.3, 0.4) is 0 Å². The molecule has 130 valence electrons. The van der Waals surface area contributed by atoms with E-state index in [9.17, 15) is 0 Å². The van der Waals surface area contributed by atoms with Gasteiger partial charge in [-0.2, -0.15) is 0 Å². The highest BCUT2D eigenvalue weighted by molar-refractivity contribution is 7.10. The van der Waals surface area contributed by atoms with Crippen LogP contribution in [0.25, 0.3) is 0 Å². The number of morpholine rings is 1. The average Bonchev–Trinajstić information content (AvgIpc) is 3.08. The normalized spacial score (nSPS) is 21.2. The zero-order valence-corrected chi connectivity index (χ0v) is 15.1. The molecule has 2 atom stereocenters. The molecule has 1 saturated heterocycles. The van der Waals surface area contributed by atoms with Gasteiger partial charge in [0.25, 0.3) is 0 Å². The maximum absolute atomic E-state index is 5.68. The predicted molar refractivity (Wildman–Crippen MR) is 95.3 cm³/mol. The minimum absolute atomic E-state index is 0.283. The molecule has 2 heterocycles. The molecule has 0 amide bonds. The van der Waals surface area contributed by atoms with Crippen molar-refractivity contribution in [3.05, 3.63) is 22.4 Å². The van der Waals surface area contributed by atoms with E-state index in [-0.39, 0.29) is 6.10 Å². The molecular weight excluding hydrogens is 312 g/mol. The number of hydrogen-bond acceptors (Lipinski definition) is 5. The fourth-order valence-electron chi connectivity index (χ4n) is 2.70. The number of guanidine groups is 1. The lowest BCUT2D eigenvalue weighted by molar-refractivity contribution is -0.0334. The Hall–Kier alpha value is -1.15. The SMILES string of the molecule is CN=C(NCCOC)NCC(c1cccs1)N1CCOC(C)C1. The summed E-state index contributed by atoms with van der Waals surface area (Å²) in [6.07, 6.45) is 0.283. The van der Waals surface area contributed by atoms with E-state index in [1.807, 2.05) is 0 Å². The maximum atomic E-state index is 5.68. The van der Waals surface area contributed by atoms with Gasteiger partial charge in [0, 0.05) is 45.2 Å². The Bertz CT molecular complexity index is 467. The van der Waals surface area contributed by atoms with E-state index in [0.29, 0.717) is 12.6 Å². The molecule has 7 heteroatoms. The number of hydrogen-bond donors (Lipinski definition) is 2. The molecule has 1 fully saturated rings. The maximum Gasteiger partial charge on any atom is 0.191 e. The third-order valence-corrected chi connectivity index (χ3v) is 4.84. The average molecular weight is 340 g/mol. The first-order chi connectivity index (χ1) is 11.2. The van der Waals surface area contributed by atoms with Crippen LogP contribution in [0, 0.1) is 0 Å². The standard InChI is InChI=1S/C16H28N4O2S/c1-13-12-20(7-9-22-13)14(15-5-4-10-23-15)11-19-16(17-2)18-6-8-21-3/h4-5,10,13-14H,6-9,11-12H2,1-3H3,(H2,17,18,19). The first kappa shape index (κ1) is 18.2. The van der Waals surface area contributed by atoms with E-state index in [2.05, 4.69) is 45.0 Å². The summed E-state index contributed by atoms with van der Waals surface area (Å²) in [4.78, 5) is 8.14. The number of nitrogens with one attached hydrogen (secondary N) is 2. The molecule has 6 nitrogen and oxygen atoms in total. The zero-order chi connectivity index (χ0) is 16.5. The van der Waals surface area contributed by atoms with Crippen molar-refractivity contribution in [1.29, 1.82) is 0 Å². The topological polar surface area (TPSA) is 58.1 Å². The molecule has 0 radical (unpaired) electrons. The van der Waals surface area contributed by atoms with Gasteiger partial charge in [0.05, 0.1) is 25.4 Å². The summed E-state index contributed by atoms with van der Waals surface area (Å²) in [5.74, 6) is 0.810. The summed E-state index contributed by atoms with van der Waals surface area (Å²) in [5, 5.41) is 8.83. The first-order valence-electron chi connectivity index (χ1n) is 8.07. The Morgan fingerprint density at radius 3 is 3.09 bits per heavy atom. The van der Waals surface area contributed by atoms with E-state index in [0.717, 1.165) is 38.7 Å². The van der Waals surface area contributed by atoms with Crippen LogP contribution >= 0.6 is 11.3 Å². The van der Waals surface area contributed by atoms with E-state index in [4.69, 9.17) is 9.47 Å². The molecule has 1 aromatic rings. The monoisotopic (exact) mass is 340 g/mol. The Morgan fingerprint density at radius 2 is 2.43 bits per heavy atom. The molecule has 1 aromatic heterocycles. The van der Waals surface area contributed by atoms with Gasteiger partial charge in [0.1, 0.15) is 0 Å². The van der Waals surface area contributed by atoms with E-state index in [1.165, 1.54) is 4.88 Å². The van der Waals surface area contributed by atoms with E-state index in [1.54, 1.807) is 25.5 Å². The molecule has 0 spiro atoms. The molecule has 0 bridgehead atoms. The minimum atomic E-state index is 0.283. The summed E-state index contributed by atoms with van der Waals surface area (Å²) in [5.41, 5.74) is 0. The lowest BCUT2D eigenvalue weighted by atomic mass is 10.1. The van der Waals surface area contributed by atoms with Crippen molar-refractivity contribution in [3.63, 3.8) is 0 Å². The zero-order valence-electron chi connectivity index (χ0n) is 14.2. The largest absolute Gasteiger partial charge is 0.383 e. The van der Waals surface area contributed by atoms with Gasteiger partial charge in [0.2, 0.25) is 0 Å². The lowest BCUT2D eigenvalue weighted by Crippen LogP contribution is -2.48. The molecule has 2 unspecified atom stereocenters. The van der Waals surface area contributed by atoms with Crippen LogP contribution in [0.1, 0.15) is 17.8 Å². The van der Waals surface area contributed by atoms with Crippen molar-refractivity contribution >= 4 is 17.3 Å². The molecule has 0 aromatic carbocycles. The van der Waals surface area contributed by atoms with Gasteiger partial charge in [-0.15, -0.1) is 11.3 Å². The summed E-state index contributed by atoms with van der Waals surface area (Å²) < 4.78 is 10.7. The van der Waals surface area contributed by atoms with Crippen molar-refractivity contribution in [1.82, 2.24) is 15.5 Å². The third-order valence-electron chi connectivity index (χ3n) is 3.87. The Labute approximate surface area is 142 Å². The number of nitrogens with zero attached hydrogens (tertiary/aromatic N) is 2. The van der Waals surface area contributed by atoms with E-state index < -0.39 is 0 Å². The summed E-state index contributed by atoms with van der Waals surface area (Å²) >= 11 is 1.80. The van der Waals surface area contributed by atoms with Crippen molar-refractivity contribution in [3.8, 4) is 0 Å². The summed E-state index contributed by atoms with van der Waals surface area (Å²) in [6.45, 7) is 7.08. The molecular formula is C16H28N4O2S. The molecule has 2 N–H and O–H groups in total. The van der Waals surface area contributed by atoms with Crippen LogP contribution in [0.2, 0.25) is 0 Å². The summed E-state index contributed by atoms with van der Waals surface area (Å²) in [7, 11) is 3.49. The van der Waals surface area contributed by atoms with Gasteiger partial charge in [0.15, 0.2) is 5.96 Å². The number of thiophene rings is 1. The van der Waals surface area contributed by atoms with Gasteiger partial charge < -0.3 is 20.1 Å². The smallest absolute Gasteiger partial charge is 0.191 e. The Balaban J connectivity index is 1.95. The quantitative estimate of drug-likeness (QED) is 0.445. The van der Waals surface area contributed by atoms with Crippen LogP contribution in [-0.4, -0.2) is 70.5 Å². The molecule has 1 aliphatic heterocycles. The number of aliphatic imine (C=N–C) groups is 1. The Morgan fingerprint density at radius 1 is 1.57 bits per heavy atom. The molecule has 23 heavy (non-hydrogen) atoms. The number of ether oxygens (including phenoxy) is 2. The fraction of sp³-hybridized carbons (Fsp3) is 0.688. The second kappa shape index (κ2) is 9.87. The minimum Gasteiger partial charge on any atom is -0.383 e. The molecule has 0 saturated carbocycles. The van der Waals surface area contributed by atoms with Crippen LogP contribution in [0.4, 0.5) is 0 Å². The van der Waals surface area contributed by atoms with Crippen molar-refractivity contribution in [2.24, 2.45) is 4.99 Å². The van der Waals surface area contributed by atoms with Gasteiger partial charge in [-0.3, -0.25) is 9.89 Å². The number of rotatable bonds is 7. The van der Waals surface area contributed by atoms with Crippen LogP contribution in [-0.2, 0) is 9.47 Å². The number of methoxy groups -OCH3 is 1. The Kier molecular flexibility index (Phi) is 7.81. The van der Waals surface area contributed by atoms with Crippen LogP contribution < -0.4 is 10.6 Å². The van der Waals surface area contributed by atoms with Crippen molar-refractivity contribution in [2.45, 2.75) is 19.1 Å². The summed E-state index contributed by atoms with van der Waals surface area (Å²) in [6, 6.07) is 4.66. The van der Waals surface area contributed by atoms with Crippen molar-refractivity contribution in [2.75, 3.05) is 53.6 Å².